The number of benzene rings is 1. The number of nitrogens with one attached hydrogen (secondary N) is 1. The molecule has 106 valence electrons. The molecule has 4 heteroatoms. The summed E-state index contributed by atoms with van der Waals surface area (Å²) in [6, 6.07) is 6.12. The van der Waals surface area contributed by atoms with Gasteiger partial charge in [-0.25, -0.2) is 4.39 Å². The summed E-state index contributed by atoms with van der Waals surface area (Å²) in [4.78, 5) is 11.9. The molecule has 19 heavy (non-hydrogen) atoms. The average molecular weight is 267 g/mol. The van der Waals surface area contributed by atoms with E-state index in [0.29, 0.717) is 18.9 Å². The zero-order valence-electron chi connectivity index (χ0n) is 11.8. The Hall–Kier alpha value is -1.58. The molecule has 0 aliphatic heterocycles. The van der Waals surface area contributed by atoms with E-state index in [9.17, 15) is 9.18 Å². The van der Waals surface area contributed by atoms with Crippen molar-refractivity contribution in [3.05, 3.63) is 30.1 Å². The van der Waals surface area contributed by atoms with Crippen molar-refractivity contribution in [3.8, 4) is 5.75 Å². The summed E-state index contributed by atoms with van der Waals surface area (Å²) in [7, 11) is 0. The molecule has 0 aliphatic rings. The van der Waals surface area contributed by atoms with Gasteiger partial charge in [0.05, 0.1) is 0 Å². The summed E-state index contributed by atoms with van der Waals surface area (Å²) < 4.78 is 18.9. The maximum atomic E-state index is 13.5. The largest absolute Gasteiger partial charge is 0.478 e. The molecular formula is C15H22FNO2. The van der Waals surface area contributed by atoms with Gasteiger partial charge < -0.3 is 10.1 Å². The van der Waals surface area contributed by atoms with E-state index in [1.54, 1.807) is 12.1 Å². The monoisotopic (exact) mass is 267 g/mol. The zero-order chi connectivity index (χ0) is 14.3. The molecule has 0 spiro atoms. The lowest BCUT2D eigenvalue weighted by Crippen LogP contribution is -2.38. The standard InChI is InChI=1S/C15H22FNO2/c1-4-13(15(18)17-10-9-11(2)3)19-14-8-6-5-7-12(14)16/h5-8,11,13H,4,9-10H2,1-3H3,(H,17,18)/t13-/m1/s1. The number of para-hydroxylation sites is 1. The van der Waals surface area contributed by atoms with E-state index in [1.807, 2.05) is 6.92 Å². The van der Waals surface area contributed by atoms with E-state index < -0.39 is 11.9 Å². The number of carbonyl (C=O) groups excluding carboxylic acids is 1. The lowest BCUT2D eigenvalue weighted by Gasteiger charge is -2.18. The van der Waals surface area contributed by atoms with Crippen molar-refractivity contribution < 1.29 is 13.9 Å². The second kappa shape index (κ2) is 7.77. The second-order valence-corrected chi connectivity index (χ2v) is 4.92. The maximum Gasteiger partial charge on any atom is 0.261 e. The van der Waals surface area contributed by atoms with Crippen LogP contribution in [-0.4, -0.2) is 18.6 Å². The Labute approximate surface area is 114 Å². The maximum absolute atomic E-state index is 13.5. The Bertz CT molecular complexity index is 407. The van der Waals surface area contributed by atoms with E-state index in [-0.39, 0.29) is 11.7 Å². The molecule has 0 fully saturated rings. The van der Waals surface area contributed by atoms with Gasteiger partial charge >= 0.3 is 0 Å². The smallest absolute Gasteiger partial charge is 0.261 e. The third kappa shape index (κ3) is 5.28. The molecule has 1 atom stereocenters. The molecule has 0 radical (unpaired) electrons. The van der Waals surface area contributed by atoms with Gasteiger partial charge in [-0.15, -0.1) is 0 Å². The Morgan fingerprint density at radius 3 is 2.63 bits per heavy atom. The molecule has 3 nitrogen and oxygen atoms in total. The number of ether oxygens (including phenoxy) is 1. The van der Waals surface area contributed by atoms with Crippen molar-refractivity contribution in [3.63, 3.8) is 0 Å². The van der Waals surface area contributed by atoms with Crippen LogP contribution in [-0.2, 0) is 4.79 Å². The SMILES string of the molecule is CC[C@@H](Oc1ccccc1F)C(=O)NCCC(C)C. The van der Waals surface area contributed by atoms with Gasteiger partial charge in [0.1, 0.15) is 0 Å². The quantitative estimate of drug-likeness (QED) is 0.824. The molecule has 0 saturated carbocycles. The average Bonchev–Trinajstić information content (AvgIpc) is 2.37. The number of rotatable bonds is 7. The van der Waals surface area contributed by atoms with Crippen molar-refractivity contribution in [2.45, 2.75) is 39.7 Å². The van der Waals surface area contributed by atoms with E-state index in [2.05, 4.69) is 19.2 Å². The highest BCUT2D eigenvalue weighted by atomic mass is 19.1. The summed E-state index contributed by atoms with van der Waals surface area (Å²) in [5.41, 5.74) is 0. The summed E-state index contributed by atoms with van der Waals surface area (Å²) in [5, 5.41) is 2.82. The van der Waals surface area contributed by atoms with Gasteiger partial charge in [-0.2, -0.15) is 0 Å². The molecule has 0 bridgehead atoms. The number of amides is 1. The third-order valence-corrected chi connectivity index (χ3v) is 2.79. The van der Waals surface area contributed by atoms with Gasteiger partial charge in [-0.05, 0) is 30.9 Å². The van der Waals surface area contributed by atoms with Crippen LogP contribution in [0.3, 0.4) is 0 Å². The summed E-state index contributed by atoms with van der Waals surface area (Å²) in [6.45, 7) is 6.65. The molecule has 0 aromatic heterocycles. The Balaban J connectivity index is 2.53. The van der Waals surface area contributed by atoms with Gasteiger partial charge in [-0.1, -0.05) is 32.9 Å². The first kappa shape index (κ1) is 15.5. The normalized spacial score (nSPS) is 12.3. The number of halogens is 1. The van der Waals surface area contributed by atoms with Crippen LogP contribution in [0.1, 0.15) is 33.6 Å². The topological polar surface area (TPSA) is 38.3 Å². The highest BCUT2D eigenvalue weighted by Crippen LogP contribution is 2.18. The van der Waals surface area contributed by atoms with Crippen LogP contribution in [0, 0.1) is 11.7 Å². The fourth-order valence-corrected chi connectivity index (χ4v) is 1.61. The molecule has 1 amide bonds. The molecule has 0 unspecified atom stereocenters. The molecule has 1 N–H and O–H groups in total. The van der Waals surface area contributed by atoms with Crippen molar-refractivity contribution in [2.75, 3.05) is 6.54 Å². The van der Waals surface area contributed by atoms with Crippen molar-refractivity contribution in [1.82, 2.24) is 5.32 Å². The Morgan fingerprint density at radius 1 is 1.37 bits per heavy atom. The van der Waals surface area contributed by atoms with Crippen LogP contribution in [0.15, 0.2) is 24.3 Å². The number of hydrogen-bond donors (Lipinski definition) is 1. The first-order valence-corrected chi connectivity index (χ1v) is 6.73. The molecular weight excluding hydrogens is 245 g/mol. The van der Waals surface area contributed by atoms with Crippen LogP contribution >= 0.6 is 0 Å². The molecule has 0 saturated heterocycles. The lowest BCUT2D eigenvalue weighted by molar-refractivity contribution is -0.128. The first-order chi connectivity index (χ1) is 9.04. The lowest BCUT2D eigenvalue weighted by atomic mass is 10.1. The number of carbonyl (C=O) groups is 1. The van der Waals surface area contributed by atoms with Gasteiger partial charge in [0.25, 0.3) is 5.91 Å². The van der Waals surface area contributed by atoms with Gasteiger partial charge in [0, 0.05) is 6.54 Å². The highest BCUT2D eigenvalue weighted by Gasteiger charge is 2.19. The third-order valence-electron chi connectivity index (χ3n) is 2.79. The van der Waals surface area contributed by atoms with Gasteiger partial charge in [0.2, 0.25) is 0 Å². The highest BCUT2D eigenvalue weighted by molar-refractivity contribution is 5.81. The Morgan fingerprint density at radius 2 is 2.05 bits per heavy atom. The van der Waals surface area contributed by atoms with E-state index >= 15 is 0 Å². The molecule has 0 heterocycles. The fourth-order valence-electron chi connectivity index (χ4n) is 1.61. The molecule has 0 aliphatic carbocycles. The van der Waals surface area contributed by atoms with Gasteiger partial charge in [0.15, 0.2) is 17.7 Å². The molecule has 1 rings (SSSR count). The van der Waals surface area contributed by atoms with Crippen molar-refractivity contribution in [1.29, 1.82) is 0 Å². The zero-order valence-corrected chi connectivity index (χ0v) is 11.8. The van der Waals surface area contributed by atoms with Crippen LogP contribution in [0.4, 0.5) is 4.39 Å². The van der Waals surface area contributed by atoms with E-state index in [1.165, 1.54) is 12.1 Å². The summed E-state index contributed by atoms with van der Waals surface area (Å²) >= 11 is 0. The summed E-state index contributed by atoms with van der Waals surface area (Å²) in [6.07, 6.45) is 0.771. The molecule has 1 aromatic carbocycles. The van der Waals surface area contributed by atoms with E-state index in [0.717, 1.165) is 6.42 Å². The molecule has 1 aromatic rings. The van der Waals surface area contributed by atoms with E-state index in [4.69, 9.17) is 4.74 Å². The minimum absolute atomic E-state index is 0.119. The predicted molar refractivity (Wildman–Crippen MR) is 73.6 cm³/mol. The van der Waals surface area contributed by atoms with Crippen molar-refractivity contribution >= 4 is 5.91 Å². The Kier molecular flexibility index (Phi) is 6.33. The number of hydrogen-bond acceptors (Lipinski definition) is 2. The summed E-state index contributed by atoms with van der Waals surface area (Å²) in [5.74, 6) is 0.0172. The first-order valence-electron chi connectivity index (χ1n) is 6.73. The van der Waals surface area contributed by atoms with Crippen molar-refractivity contribution in [2.24, 2.45) is 5.92 Å². The second-order valence-electron chi connectivity index (χ2n) is 4.92. The fraction of sp³-hybridized carbons (Fsp3) is 0.533. The van der Waals surface area contributed by atoms with Gasteiger partial charge in [-0.3, -0.25) is 4.79 Å². The van der Waals surface area contributed by atoms with Crippen LogP contribution < -0.4 is 10.1 Å². The predicted octanol–water partition coefficient (Wildman–Crippen LogP) is 3.15. The minimum atomic E-state index is -0.649. The van der Waals surface area contributed by atoms with Crippen LogP contribution in [0.25, 0.3) is 0 Å². The van der Waals surface area contributed by atoms with Crippen LogP contribution in [0.2, 0.25) is 0 Å². The minimum Gasteiger partial charge on any atom is -0.478 e. The van der Waals surface area contributed by atoms with Crippen LogP contribution in [0.5, 0.6) is 5.75 Å².